The number of aromatic nitrogens is 2. The van der Waals surface area contributed by atoms with Gasteiger partial charge < -0.3 is 15.4 Å². The molecule has 2 N–H and O–H groups in total. The Morgan fingerprint density at radius 3 is 2.42 bits per heavy atom. The number of ether oxygens (including phenoxy) is 1. The Bertz CT molecular complexity index is 764. The Balaban J connectivity index is 1.79. The lowest BCUT2D eigenvalue weighted by atomic mass is 10.1. The van der Waals surface area contributed by atoms with Crippen molar-refractivity contribution in [3.8, 4) is 5.75 Å². The molecule has 1 aromatic carbocycles. The maximum Gasteiger partial charge on any atom is 0.190 e. The van der Waals surface area contributed by atoms with E-state index in [-0.39, 0.29) is 0 Å². The van der Waals surface area contributed by atoms with Crippen LogP contribution in [-0.4, -0.2) is 43.0 Å². The Hall–Kier alpha value is -2.50. The van der Waals surface area contributed by atoms with Crippen LogP contribution >= 0.6 is 0 Å². The predicted octanol–water partition coefficient (Wildman–Crippen LogP) is 2.30. The van der Waals surface area contributed by atoms with Crippen LogP contribution in [0.1, 0.15) is 28.1 Å². The second-order valence-corrected chi connectivity index (χ2v) is 6.50. The summed E-state index contributed by atoms with van der Waals surface area (Å²) in [6, 6.07) is 6.34. The van der Waals surface area contributed by atoms with Gasteiger partial charge in [0.05, 0.1) is 12.8 Å². The number of nitrogens with one attached hydrogen (secondary N) is 2. The van der Waals surface area contributed by atoms with Gasteiger partial charge in [-0.1, -0.05) is 12.1 Å². The molecule has 0 fully saturated rings. The van der Waals surface area contributed by atoms with Gasteiger partial charge in [-0.05, 0) is 56.4 Å². The molecule has 6 heteroatoms. The zero-order chi connectivity index (χ0) is 19.1. The molecule has 0 aliphatic rings. The predicted molar refractivity (Wildman–Crippen MR) is 107 cm³/mol. The van der Waals surface area contributed by atoms with Gasteiger partial charge in [-0.2, -0.15) is 5.10 Å². The number of nitrogens with zero attached hydrogens (tertiary/aromatic N) is 3. The molecule has 0 saturated heterocycles. The van der Waals surface area contributed by atoms with Gasteiger partial charge in [0.25, 0.3) is 0 Å². The van der Waals surface area contributed by atoms with E-state index in [1.807, 2.05) is 11.7 Å². The standard InChI is InChI=1S/C20H31N5O/c1-14-7-8-17(13-19(14)26-6)9-11-22-20(21-4)23-12-10-18-15(2)24-25(5)16(18)3/h7-8,13H,9-12H2,1-6H3,(H2,21,22,23). The van der Waals surface area contributed by atoms with Gasteiger partial charge >= 0.3 is 0 Å². The Morgan fingerprint density at radius 1 is 1.15 bits per heavy atom. The lowest BCUT2D eigenvalue weighted by molar-refractivity contribution is 0.411. The summed E-state index contributed by atoms with van der Waals surface area (Å²) in [5.74, 6) is 1.76. The summed E-state index contributed by atoms with van der Waals surface area (Å²) >= 11 is 0. The van der Waals surface area contributed by atoms with E-state index >= 15 is 0 Å². The first kappa shape index (κ1) is 19.8. The van der Waals surface area contributed by atoms with Gasteiger partial charge in [0.15, 0.2) is 5.96 Å². The molecule has 2 aromatic rings. The molecule has 1 heterocycles. The highest BCUT2D eigenvalue weighted by Gasteiger charge is 2.09. The Labute approximate surface area is 156 Å². The van der Waals surface area contributed by atoms with Crippen molar-refractivity contribution < 1.29 is 4.74 Å². The van der Waals surface area contributed by atoms with Crippen molar-refractivity contribution in [2.24, 2.45) is 12.0 Å². The van der Waals surface area contributed by atoms with Crippen molar-refractivity contribution in [3.63, 3.8) is 0 Å². The minimum Gasteiger partial charge on any atom is -0.496 e. The minimum absolute atomic E-state index is 0.816. The number of rotatable bonds is 7. The summed E-state index contributed by atoms with van der Waals surface area (Å²) in [7, 11) is 5.49. The molecule has 0 bridgehead atoms. The number of methoxy groups -OCH3 is 1. The average Bonchev–Trinajstić information content (AvgIpc) is 2.87. The molecule has 26 heavy (non-hydrogen) atoms. The van der Waals surface area contributed by atoms with Crippen molar-refractivity contribution in [1.29, 1.82) is 0 Å². The molecule has 1 aromatic heterocycles. The van der Waals surface area contributed by atoms with Crippen molar-refractivity contribution in [2.45, 2.75) is 33.6 Å². The van der Waals surface area contributed by atoms with E-state index in [1.54, 1.807) is 14.2 Å². The quantitative estimate of drug-likeness (QED) is 0.590. The van der Waals surface area contributed by atoms with Gasteiger partial charge in [-0.3, -0.25) is 9.67 Å². The molecule has 0 atom stereocenters. The lowest BCUT2D eigenvalue weighted by Gasteiger charge is -2.13. The molecule has 2 rings (SSSR count). The molecule has 142 valence electrons. The first-order valence-corrected chi connectivity index (χ1v) is 9.03. The van der Waals surface area contributed by atoms with Crippen molar-refractivity contribution >= 4 is 5.96 Å². The van der Waals surface area contributed by atoms with Gasteiger partial charge in [-0.15, -0.1) is 0 Å². The number of hydrogen-bond donors (Lipinski definition) is 2. The van der Waals surface area contributed by atoms with Crippen LogP contribution in [0.5, 0.6) is 5.75 Å². The molecule has 0 unspecified atom stereocenters. The third kappa shape index (κ3) is 5.00. The molecule has 0 saturated carbocycles. The highest BCUT2D eigenvalue weighted by molar-refractivity contribution is 5.79. The maximum atomic E-state index is 5.39. The van der Waals surface area contributed by atoms with Gasteiger partial charge in [0.1, 0.15) is 5.75 Å². The van der Waals surface area contributed by atoms with Crippen molar-refractivity contribution in [2.75, 3.05) is 27.2 Å². The van der Waals surface area contributed by atoms with E-state index < -0.39 is 0 Å². The highest BCUT2D eigenvalue weighted by atomic mass is 16.5. The molecular weight excluding hydrogens is 326 g/mol. The van der Waals surface area contributed by atoms with Gasteiger partial charge in [-0.25, -0.2) is 0 Å². The summed E-state index contributed by atoms with van der Waals surface area (Å²) in [5.41, 5.74) is 6.03. The van der Waals surface area contributed by atoms with Crippen LogP contribution in [0.2, 0.25) is 0 Å². The Kier molecular flexibility index (Phi) is 7.06. The molecule has 0 spiro atoms. The summed E-state index contributed by atoms with van der Waals surface area (Å²) in [6.07, 6.45) is 1.85. The SMILES string of the molecule is CN=C(NCCc1ccc(C)c(OC)c1)NCCc1c(C)nn(C)c1C. The molecule has 0 aliphatic heterocycles. The number of hydrogen-bond acceptors (Lipinski definition) is 3. The lowest BCUT2D eigenvalue weighted by Crippen LogP contribution is -2.39. The third-order valence-corrected chi connectivity index (χ3v) is 4.73. The highest BCUT2D eigenvalue weighted by Crippen LogP contribution is 2.19. The van der Waals surface area contributed by atoms with Crippen LogP contribution < -0.4 is 15.4 Å². The van der Waals surface area contributed by atoms with Crippen LogP contribution in [0.4, 0.5) is 0 Å². The van der Waals surface area contributed by atoms with Crippen molar-refractivity contribution in [3.05, 3.63) is 46.3 Å². The third-order valence-electron chi connectivity index (χ3n) is 4.73. The fourth-order valence-corrected chi connectivity index (χ4v) is 3.05. The second-order valence-electron chi connectivity index (χ2n) is 6.50. The van der Waals surface area contributed by atoms with E-state index in [9.17, 15) is 0 Å². The number of aryl methyl sites for hydroxylation is 3. The number of benzene rings is 1. The summed E-state index contributed by atoms with van der Waals surface area (Å²) in [4.78, 5) is 4.30. The molecule has 0 aliphatic carbocycles. The molecule has 0 radical (unpaired) electrons. The van der Waals surface area contributed by atoms with Crippen LogP contribution in [-0.2, 0) is 19.9 Å². The zero-order valence-corrected chi connectivity index (χ0v) is 16.8. The average molecular weight is 358 g/mol. The largest absolute Gasteiger partial charge is 0.496 e. The first-order chi connectivity index (χ1) is 12.5. The molecule has 6 nitrogen and oxygen atoms in total. The summed E-state index contributed by atoms with van der Waals surface area (Å²) < 4.78 is 7.33. The van der Waals surface area contributed by atoms with E-state index in [2.05, 4.69) is 59.7 Å². The van der Waals surface area contributed by atoms with E-state index in [0.29, 0.717) is 0 Å². The maximum absolute atomic E-state index is 5.39. The summed E-state index contributed by atoms with van der Waals surface area (Å²) in [6.45, 7) is 7.87. The van der Waals surface area contributed by atoms with E-state index in [1.165, 1.54) is 16.8 Å². The fourth-order valence-electron chi connectivity index (χ4n) is 3.05. The monoisotopic (exact) mass is 357 g/mol. The van der Waals surface area contributed by atoms with E-state index in [0.717, 1.165) is 48.9 Å². The van der Waals surface area contributed by atoms with Crippen molar-refractivity contribution in [1.82, 2.24) is 20.4 Å². The minimum atomic E-state index is 0.816. The van der Waals surface area contributed by atoms with Gasteiger partial charge in [0.2, 0.25) is 0 Å². The van der Waals surface area contributed by atoms with Gasteiger partial charge in [0, 0.05) is 32.9 Å². The zero-order valence-electron chi connectivity index (χ0n) is 16.8. The smallest absolute Gasteiger partial charge is 0.190 e. The van der Waals surface area contributed by atoms with Crippen LogP contribution in [0, 0.1) is 20.8 Å². The fraction of sp³-hybridized carbons (Fsp3) is 0.500. The first-order valence-electron chi connectivity index (χ1n) is 9.03. The van der Waals surface area contributed by atoms with E-state index in [4.69, 9.17) is 4.74 Å². The van der Waals surface area contributed by atoms with Crippen LogP contribution in [0.15, 0.2) is 23.2 Å². The number of guanidine groups is 1. The van der Waals surface area contributed by atoms with Crippen LogP contribution in [0.3, 0.4) is 0 Å². The molecule has 0 amide bonds. The number of aliphatic imine (C=N–C) groups is 1. The summed E-state index contributed by atoms with van der Waals surface area (Å²) in [5, 5.41) is 11.2. The Morgan fingerprint density at radius 2 is 1.85 bits per heavy atom. The molecular formula is C20H31N5O. The second kappa shape index (κ2) is 9.27. The normalized spacial score (nSPS) is 11.5. The topological polar surface area (TPSA) is 63.5 Å². The van der Waals surface area contributed by atoms with Crippen LogP contribution in [0.25, 0.3) is 0 Å².